The van der Waals surface area contributed by atoms with E-state index in [2.05, 4.69) is 10.3 Å². The fraction of sp³-hybridized carbons (Fsp3) is 0.227. The van der Waals surface area contributed by atoms with E-state index in [0.717, 1.165) is 27.1 Å². The molecule has 1 aliphatic rings. The van der Waals surface area contributed by atoms with Gasteiger partial charge < -0.3 is 15.0 Å². The Kier molecular flexibility index (Phi) is 5.31. The number of hydrogen-bond donors (Lipinski definition) is 1. The Morgan fingerprint density at radius 3 is 2.86 bits per heavy atom. The van der Waals surface area contributed by atoms with Crippen molar-refractivity contribution in [3.05, 3.63) is 59.8 Å². The van der Waals surface area contributed by atoms with Crippen molar-refractivity contribution >= 4 is 44.6 Å². The number of ether oxygens (including phenoxy) is 1. The van der Waals surface area contributed by atoms with Crippen molar-refractivity contribution in [3.8, 4) is 5.75 Å². The summed E-state index contributed by atoms with van der Waals surface area (Å²) in [6.45, 7) is 4.04. The third-order valence-electron chi connectivity index (χ3n) is 4.77. The number of aromatic nitrogens is 1. The number of nitrogens with zero attached hydrogens (tertiary/aromatic N) is 2. The standard InChI is InChI=1S/C22H21N3O3S/c1-3-28-16-8-9-18-20(12-16)29-22(23-18)24-21(27)13-19-17-7-5-4-6-15(17)10-11-25(19)14(2)26/h4-12,19H,3,13H2,1-2H3,(H,23,24,27)/t19-/m0/s1. The third-order valence-corrected chi connectivity index (χ3v) is 5.70. The van der Waals surface area contributed by atoms with Crippen molar-refractivity contribution in [2.24, 2.45) is 0 Å². The number of carbonyl (C=O) groups is 2. The maximum absolute atomic E-state index is 12.8. The monoisotopic (exact) mass is 407 g/mol. The number of hydrogen-bond acceptors (Lipinski definition) is 5. The molecule has 4 rings (SSSR count). The highest BCUT2D eigenvalue weighted by Gasteiger charge is 2.28. The molecule has 0 saturated heterocycles. The molecule has 7 heteroatoms. The molecule has 29 heavy (non-hydrogen) atoms. The van der Waals surface area contributed by atoms with Crippen LogP contribution in [0.5, 0.6) is 5.75 Å². The molecule has 0 radical (unpaired) electrons. The van der Waals surface area contributed by atoms with E-state index in [1.807, 2.05) is 55.5 Å². The van der Waals surface area contributed by atoms with E-state index in [4.69, 9.17) is 4.74 Å². The summed E-state index contributed by atoms with van der Waals surface area (Å²) >= 11 is 1.40. The number of fused-ring (bicyclic) bond motifs is 2. The Morgan fingerprint density at radius 1 is 1.24 bits per heavy atom. The van der Waals surface area contributed by atoms with Gasteiger partial charge in [0.15, 0.2) is 5.13 Å². The van der Waals surface area contributed by atoms with E-state index >= 15 is 0 Å². The molecule has 0 fully saturated rings. The molecule has 1 N–H and O–H groups in total. The van der Waals surface area contributed by atoms with E-state index in [1.165, 1.54) is 18.3 Å². The maximum atomic E-state index is 12.8. The van der Waals surface area contributed by atoms with Crippen LogP contribution in [0.1, 0.15) is 37.4 Å². The van der Waals surface area contributed by atoms with Crippen LogP contribution >= 0.6 is 11.3 Å². The van der Waals surface area contributed by atoms with Crippen LogP contribution in [0, 0.1) is 0 Å². The minimum Gasteiger partial charge on any atom is -0.494 e. The molecule has 1 aromatic heterocycles. The zero-order valence-electron chi connectivity index (χ0n) is 16.2. The van der Waals surface area contributed by atoms with E-state index in [-0.39, 0.29) is 24.3 Å². The lowest BCUT2D eigenvalue weighted by atomic mass is 9.93. The Morgan fingerprint density at radius 2 is 2.07 bits per heavy atom. The second-order valence-electron chi connectivity index (χ2n) is 6.72. The van der Waals surface area contributed by atoms with Crippen LogP contribution in [0.25, 0.3) is 16.3 Å². The summed E-state index contributed by atoms with van der Waals surface area (Å²) in [6.07, 6.45) is 3.80. The van der Waals surface area contributed by atoms with Gasteiger partial charge in [0.1, 0.15) is 5.75 Å². The van der Waals surface area contributed by atoms with Crippen molar-refractivity contribution in [3.63, 3.8) is 0 Å². The van der Waals surface area contributed by atoms with Crippen LogP contribution in [0.4, 0.5) is 5.13 Å². The summed E-state index contributed by atoms with van der Waals surface area (Å²) in [5.74, 6) is 0.497. The van der Waals surface area contributed by atoms with Crippen molar-refractivity contribution < 1.29 is 14.3 Å². The van der Waals surface area contributed by atoms with Crippen LogP contribution in [-0.4, -0.2) is 28.3 Å². The summed E-state index contributed by atoms with van der Waals surface area (Å²) < 4.78 is 6.47. The van der Waals surface area contributed by atoms with Crippen LogP contribution in [-0.2, 0) is 9.59 Å². The highest BCUT2D eigenvalue weighted by molar-refractivity contribution is 7.22. The van der Waals surface area contributed by atoms with E-state index < -0.39 is 0 Å². The molecule has 1 atom stereocenters. The first-order valence-corrected chi connectivity index (χ1v) is 10.3. The number of benzene rings is 2. The topological polar surface area (TPSA) is 71.5 Å². The molecule has 0 saturated carbocycles. The number of nitrogens with one attached hydrogen (secondary N) is 1. The normalized spacial score (nSPS) is 15.2. The smallest absolute Gasteiger partial charge is 0.228 e. The lowest BCUT2D eigenvalue weighted by Crippen LogP contribution is -2.33. The van der Waals surface area contributed by atoms with Gasteiger partial charge in [-0.1, -0.05) is 35.6 Å². The quantitative estimate of drug-likeness (QED) is 0.671. The Balaban J connectivity index is 1.53. The van der Waals surface area contributed by atoms with Gasteiger partial charge in [0.2, 0.25) is 11.8 Å². The van der Waals surface area contributed by atoms with Gasteiger partial charge in [0.25, 0.3) is 0 Å². The molecule has 6 nitrogen and oxygen atoms in total. The highest BCUT2D eigenvalue weighted by atomic mass is 32.1. The van der Waals surface area contributed by atoms with Gasteiger partial charge in [-0.2, -0.15) is 0 Å². The highest BCUT2D eigenvalue weighted by Crippen LogP contribution is 2.34. The van der Waals surface area contributed by atoms with Crippen LogP contribution in [0.15, 0.2) is 48.7 Å². The molecule has 2 amide bonds. The Labute approximate surface area is 172 Å². The minimum atomic E-state index is -0.340. The first-order chi connectivity index (χ1) is 14.0. The van der Waals surface area contributed by atoms with Gasteiger partial charge in [-0.3, -0.25) is 9.59 Å². The molecule has 0 aliphatic carbocycles. The van der Waals surface area contributed by atoms with Gasteiger partial charge in [0.05, 0.1) is 29.3 Å². The predicted octanol–water partition coefficient (Wildman–Crippen LogP) is 4.60. The average Bonchev–Trinajstić information content (AvgIpc) is 3.09. The summed E-state index contributed by atoms with van der Waals surface area (Å²) in [7, 11) is 0. The zero-order chi connectivity index (χ0) is 20.4. The molecule has 148 valence electrons. The predicted molar refractivity (Wildman–Crippen MR) is 115 cm³/mol. The lowest BCUT2D eigenvalue weighted by Gasteiger charge is -2.32. The van der Waals surface area contributed by atoms with Crippen molar-refractivity contribution in [2.45, 2.75) is 26.3 Å². The van der Waals surface area contributed by atoms with E-state index in [1.54, 1.807) is 11.1 Å². The number of amides is 2. The molecule has 0 spiro atoms. The largest absolute Gasteiger partial charge is 0.494 e. The lowest BCUT2D eigenvalue weighted by molar-refractivity contribution is -0.129. The molecular weight excluding hydrogens is 386 g/mol. The van der Waals surface area contributed by atoms with Gasteiger partial charge in [-0.15, -0.1) is 0 Å². The van der Waals surface area contributed by atoms with Crippen molar-refractivity contribution in [1.82, 2.24) is 9.88 Å². The second kappa shape index (κ2) is 8.05. The molecule has 3 aromatic rings. The first kappa shape index (κ1) is 19.1. The van der Waals surface area contributed by atoms with E-state index in [9.17, 15) is 9.59 Å². The number of thiazole rings is 1. The van der Waals surface area contributed by atoms with E-state index in [0.29, 0.717) is 11.7 Å². The van der Waals surface area contributed by atoms with Crippen LogP contribution in [0.2, 0.25) is 0 Å². The summed E-state index contributed by atoms with van der Waals surface area (Å²) in [4.78, 5) is 30.9. The zero-order valence-corrected chi connectivity index (χ0v) is 17.0. The van der Waals surface area contributed by atoms with Crippen LogP contribution < -0.4 is 10.1 Å². The maximum Gasteiger partial charge on any atom is 0.228 e. The SMILES string of the molecule is CCOc1ccc2nc(NC(=O)C[C@H]3c4ccccc4C=CN3C(C)=O)sc2c1. The molecule has 2 aromatic carbocycles. The summed E-state index contributed by atoms with van der Waals surface area (Å²) in [5.41, 5.74) is 2.79. The Hall–Kier alpha value is -3.19. The van der Waals surface area contributed by atoms with Crippen molar-refractivity contribution in [2.75, 3.05) is 11.9 Å². The van der Waals surface area contributed by atoms with Gasteiger partial charge in [-0.05, 0) is 42.3 Å². The molecular formula is C22H21N3O3S. The minimum absolute atomic E-state index is 0.100. The molecule has 0 unspecified atom stereocenters. The van der Waals surface area contributed by atoms with Gasteiger partial charge in [-0.25, -0.2) is 4.98 Å². The molecule has 1 aliphatic heterocycles. The fourth-order valence-corrected chi connectivity index (χ4v) is 4.38. The number of anilines is 1. The second-order valence-corrected chi connectivity index (χ2v) is 7.75. The van der Waals surface area contributed by atoms with Gasteiger partial charge >= 0.3 is 0 Å². The van der Waals surface area contributed by atoms with Gasteiger partial charge in [0, 0.05) is 13.1 Å². The first-order valence-electron chi connectivity index (χ1n) is 9.44. The molecule has 0 bridgehead atoms. The van der Waals surface area contributed by atoms with Crippen molar-refractivity contribution in [1.29, 1.82) is 0 Å². The fourth-order valence-electron chi connectivity index (χ4n) is 3.47. The summed E-state index contributed by atoms with van der Waals surface area (Å²) in [5, 5.41) is 3.42. The summed E-state index contributed by atoms with van der Waals surface area (Å²) in [6, 6.07) is 13.1. The Bertz CT molecular complexity index is 1110. The number of rotatable bonds is 5. The third kappa shape index (κ3) is 4.00. The van der Waals surface area contributed by atoms with Crippen LogP contribution in [0.3, 0.4) is 0 Å². The average molecular weight is 407 g/mol. The number of carbonyl (C=O) groups excluding carboxylic acids is 2. The molecule has 2 heterocycles.